The number of ketones is 1. The summed E-state index contributed by atoms with van der Waals surface area (Å²) in [6.45, 7) is -1.83. The molecule has 0 bridgehead atoms. The van der Waals surface area contributed by atoms with Gasteiger partial charge >= 0.3 is 155 Å². The van der Waals surface area contributed by atoms with Crippen LogP contribution in [0.5, 0.6) is 0 Å². The minimum absolute atomic E-state index is 0.341. The Balaban J connectivity index is 1.22. The van der Waals surface area contributed by atoms with Crippen LogP contribution in [0.25, 0.3) is 0 Å². The molecule has 9 atom stereocenters. The van der Waals surface area contributed by atoms with Gasteiger partial charge in [-0.05, 0) is 0 Å². The summed E-state index contributed by atoms with van der Waals surface area (Å²) in [7, 11) is 0. The molecule has 10 heterocycles. The summed E-state index contributed by atoms with van der Waals surface area (Å²) in [5.74, 6) is 0.693. The van der Waals surface area contributed by atoms with E-state index in [4.69, 9.17) is 0 Å². The molecular weight excluding hydrogens is 384 g/mol. The van der Waals surface area contributed by atoms with Gasteiger partial charge < -0.3 is 0 Å². The number of benzene rings is 2. The molecular formula is C26H24FeO. The second-order valence-corrected chi connectivity index (χ2v) is 37.1. The van der Waals surface area contributed by atoms with Crippen molar-refractivity contribution in [1.82, 2.24) is 0 Å². The van der Waals surface area contributed by atoms with Gasteiger partial charge in [-0.15, -0.1) is 0 Å². The Hall–Kier alpha value is -1.37. The molecule has 1 spiro atoms. The van der Waals surface area contributed by atoms with E-state index in [-0.39, 0.29) is 0 Å². The molecule has 10 saturated heterocycles. The number of carbonyl (C=O) groups excluding carboxylic acids is 1. The fourth-order valence-corrected chi connectivity index (χ4v) is 101. The summed E-state index contributed by atoms with van der Waals surface area (Å²) < 4.78 is 1.77. The summed E-state index contributed by atoms with van der Waals surface area (Å²) in [5.41, 5.74) is 3.17. The first-order valence-corrected chi connectivity index (χ1v) is 17.3. The molecule has 2 aromatic carbocycles. The molecule has 10 aliphatic heterocycles. The number of hydrogen-bond donors (Lipinski definition) is 0. The van der Waals surface area contributed by atoms with Crippen molar-refractivity contribution in [2.75, 3.05) is 0 Å². The Morgan fingerprint density at radius 3 is 1.79 bits per heavy atom. The molecule has 10 fully saturated rings. The second-order valence-electron chi connectivity index (χ2n) is 14.1. The molecule has 10 aliphatic rings. The van der Waals surface area contributed by atoms with Crippen LogP contribution in [-0.2, 0) is 24.1 Å². The first-order valence-electron chi connectivity index (χ1n) is 11.2. The van der Waals surface area contributed by atoms with Gasteiger partial charge in [-0.25, -0.2) is 0 Å². The van der Waals surface area contributed by atoms with Gasteiger partial charge in [-0.2, -0.15) is 0 Å². The molecule has 0 saturated carbocycles. The van der Waals surface area contributed by atoms with E-state index < -0.39 is 6.51 Å². The SMILES string of the molecule is CC(=O)[C]12[CH]3[CH]4[C]5(Cc6ccccc6)[CH]1[Fe]43521678[CH]2[CH]1[CH]6[C]7(Cc1ccccc1)[CH]28. The third-order valence-corrected chi connectivity index (χ3v) is 63.1. The number of carbonyl (C=O) groups is 1. The molecule has 28 heavy (non-hydrogen) atoms. The maximum absolute atomic E-state index is 13.4. The van der Waals surface area contributed by atoms with E-state index in [1.165, 1.54) is 12.8 Å². The van der Waals surface area contributed by atoms with E-state index in [1.807, 2.05) is 6.92 Å². The zero-order valence-corrected chi connectivity index (χ0v) is 17.1. The average molecular weight is 408 g/mol. The zero-order chi connectivity index (χ0) is 18.1. The predicted molar refractivity (Wildman–Crippen MR) is 105 cm³/mol. The van der Waals surface area contributed by atoms with E-state index in [0.717, 1.165) is 33.7 Å². The number of Topliss-reactive ketones (excluding diaryl/α,β-unsaturated/α-hetero) is 1. The van der Waals surface area contributed by atoms with Gasteiger partial charge in [0.15, 0.2) is 0 Å². The van der Waals surface area contributed by atoms with Crippen LogP contribution in [0, 0.1) is 0 Å². The summed E-state index contributed by atoms with van der Waals surface area (Å²) >= 11 is 0. The topological polar surface area (TPSA) is 17.1 Å². The van der Waals surface area contributed by atoms with Crippen molar-refractivity contribution in [3.8, 4) is 0 Å². The minimum atomic E-state index is -3.87. The molecule has 0 N–H and O–H groups in total. The van der Waals surface area contributed by atoms with E-state index in [1.54, 1.807) is 11.1 Å². The van der Waals surface area contributed by atoms with Crippen LogP contribution in [-0.4, -0.2) is 5.78 Å². The van der Waals surface area contributed by atoms with Crippen molar-refractivity contribution < 1.29 is 11.3 Å². The van der Waals surface area contributed by atoms with Crippen LogP contribution in [0.3, 0.4) is 0 Å². The maximum atomic E-state index is 13.4. The van der Waals surface area contributed by atoms with Gasteiger partial charge in [0.05, 0.1) is 0 Å². The molecule has 2 aromatic rings. The number of hydrogen-bond acceptors (Lipinski definition) is 1. The van der Waals surface area contributed by atoms with Crippen molar-refractivity contribution in [3.63, 3.8) is 0 Å². The summed E-state index contributed by atoms with van der Waals surface area (Å²) in [6, 6.07) is 22.8. The van der Waals surface area contributed by atoms with Crippen LogP contribution in [0.1, 0.15) is 18.1 Å². The van der Waals surface area contributed by atoms with E-state index in [2.05, 4.69) is 60.7 Å². The van der Waals surface area contributed by atoms with Gasteiger partial charge in [-0.3, -0.25) is 0 Å². The molecule has 9 unspecified atom stereocenters. The van der Waals surface area contributed by atoms with Crippen molar-refractivity contribution >= 4 is 5.78 Å². The van der Waals surface area contributed by atoms with Gasteiger partial charge in [0.1, 0.15) is 0 Å². The molecule has 142 valence electrons. The van der Waals surface area contributed by atoms with Gasteiger partial charge in [-0.1, -0.05) is 0 Å². The molecule has 2 heteroatoms. The Bertz CT molecular complexity index is 1630. The third-order valence-electron chi connectivity index (χ3n) is 18.7. The zero-order valence-electron chi connectivity index (χ0n) is 16.0. The number of rotatable bonds is 5. The second kappa shape index (κ2) is 1.45. The van der Waals surface area contributed by atoms with Gasteiger partial charge in [0.2, 0.25) is 0 Å². The Labute approximate surface area is 155 Å². The fraction of sp³-hybridized carbons (Fsp3) is 0.500. The first-order chi connectivity index (χ1) is 13.4. The molecule has 0 aliphatic carbocycles. The standard InChI is InChI=1S/C14H13O.C12H11.Fe/c1-11(15)14-8-7-13(10-14)9-12-5-3-2-4-6-12;1-2-6-11(7-3-1)10-12-8-4-5-9-12;/h2-8,10H,9H2,1H3;1-9H,10H2;. The van der Waals surface area contributed by atoms with E-state index in [0.29, 0.717) is 18.7 Å². The summed E-state index contributed by atoms with van der Waals surface area (Å²) in [5, 5.41) is 0. The Morgan fingerprint density at radius 2 is 1.32 bits per heavy atom. The van der Waals surface area contributed by atoms with Crippen molar-refractivity contribution in [2.45, 2.75) is 66.4 Å². The van der Waals surface area contributed by atoms with Crippen LogP contribution in [0.2, 0.25) is 46.7 Å². The van der Waals surface area contributed by atoms with Crippen molar-refractivity contribution in [2.24, 2.45) is 0 Å². The Morgan fingerprint density at radius 1 is 0.786 bits per heavy atom. The fourth-order valence-electron chi connectivity index (χ4n) is 21.6. The third kappa shape index (κ3) is 0.189. The monoisotopic (exact) mass is 408 g/mol. The van der Waals surface area contributed by atoms with Crippen LogP contribution in [0.4, 0.5) is 0 Å². The molecule has 1 nitrogen and oxygen atoms in total. The number of fused-ring (bicyclic) bond motifs is 10. The van der Waals surface area contributed by atoms with E-state index in [9.17, 15) is 4.79 Å². The quantitative estimate of drug-likeness (QED) is 0.512. The molecule has 12 rings (SSSR count). The molecule has 0 radical (unpaired) electrons. The van der Waals surface area contributed by atoms with Gasteiger partial charge in [0.25, 0.3) is 0 Å². The summed E-state index contributed by atoms with van der Waals surface area (Å²) in [4.78, 5) is 21.0. The van der Waals surface area contributed by atoms with Crippen molar-refractivity contribution in [3.05, 3.63) is 71.8 Å². The predicted octanol–water partition coefficient (Wildman–Crippen LogP) is 6.56. The van der Waals surface area contributed by atoms with Crippen LogP contribution < -0.4 is 0 Å². The summed E-state index contributed by atoms with van der Waals surface area (Å²) in [6.07, 6.45) is 2.72. The van der Waals surface area contributed by atoms with Gasteiger partial charge in [0, 0.05) is 0 Å². The Kier molecular flexibility index (Phi) is 0.639. The van der Waals surface area contributed by atoms with Crippen LogP contribution >= 0.6 is 0 Å². The normalized spacial score (nSPS) is 82.0. The average Bonchev–Trinajstić information content (AvgIpc) is 3.65. The molecule has 0 aromatic heterocycles. The van der Waals surface area contributed by atoms with Crippen molar-refractivity contribution in [1.29, 1.82) is 0 Å². The van der Waals surface area contributed by atoms with E-state index >= 15 is 0 Å². The molecule has 0 amide bonds. The first kappa shape index (κ1) is 12.4. The van der Waals surface area contributed by atoms with Crippen LogP contribution in [0.15, 0.2) is 60.7 Å².